The van der Waals surface area contributed by atoms with Gasteiger partial charge in [-0.2, -0.15) is 0 Å². The molecule has 7 nitrogen and oxygen atoms in total. The number of carbonyl (C=O) groups excluding carboxylic acids is 1. The lowest BCUT2D eigenvalue weighted by molar-refractivity contribution is 0.00845. The van der Waals surface area contributed by atoms with Crippen molar-refractivity contribution < 1.29 is 23.9 Å². The Bertz CT molecular complexity index is 531. The van der Waals surface area contributed by atoms with Gasteiger partial charge in [0.2, 0.25) is 0 Å². The molecule has 0 bridgehead atoms. The number of hydrogen-bond donors (Lipinski definition) is 1. The van der Waals surface area contributed by atoms with Crippen molar-refractivity contribution >= 4 is 5.91 Å². The van der Waals surface area contributed by atoms with Crippen LogP contribution in [0.4, 0.5) is 0 Å². The summed E-state index contributed by atoms with van der Waals surface area (Å²) in [6.45, 7) is 3.84. The fourth-order valence-corrected chi connectivity index (χ4v) is 3.14. The number of carbonyl (C=O) groups is 1. The minimum Gasteiger partial charge on any atom is -0.396 e. The first-order valence-electron chi connectivity index (χ1n) is 7.90. The average Bonchev–Trinajstić information content (AvgIpc) is 2.94. The first-order chi connectivity index (χ1) is 11.1. The van der Waals surface area contributed by atoms with Crippen molar-refractivity contribution in [1.29, 1.82) is 0 Å². The van der Waals surface area contributed by atoms with Gasteiger partial charge in [-0.05, 0) is 26.2 Å². The molecule has 0 saturated carbocycles. The topological polar surface area (TPSA) is 85.0 Å². The maximum Gasteiger partial charge on any atom is 0.276 e. The second kappa shape index (κ2) is 7.90. The summed E-state index contributed by atoms with van der Waals surface area (Å²) in [6, 6.07) is 0. The summed E-state index contributed by atoms with van der Waals surface area (Å²) in [5, 5.41) is 13.7. The van der Waals surface area contributed by atoms with E-state index in [1.807, 2.05) is 0 Å². The Labute approximate surface area is 136 Å². The number of ether oxygens (including phenoxy) is 2. The zero-order valence-corrected chi connectivity index (χ0v) is 14.1. The van der Waals surface area contributed by atoms with Gasteiger partial charge in [-0.15, -0.1) is 0 Å². The second-order valence-electron chi connectivity index (χ2n) is 6.23. The number of amides is 1. The van der Waals surface area contributed by atoms with Crippen molar-refractivity contribution in [3.05, 3.63) is 17.0 Å². The Morgan fingerprint density at radius 2 is 2.22 bits per heavy atom. The van der Waals surface area contributed by atoms with Crippen molar-refractivity contribution in [2.45, 2.75) is 32.8 Å². The largest absolute Gasteiger partial charge is 0.396 e. The van der Waals surface area contributed by atoms with Crippen molar-refractivity contribution in [2.75, 3.05) is 40.5 Å². The monoisotopic (exact) mass is 326 g/mol. The molecule has 0 aliphatic carbocycles. The number of hydrogen-bond acceptors (Lipinski definition) is 6. The molecular weight excluding hydrogens is 300 g/mol. The number of methoxy groups -OCH3 is 2. The third kappa shape index (κ3) is 3.91. The van der Waals surface area contributed by atoms with Gasteiger partial charge in [-0.25, -0.2) is 0 Å². The number of aromatic nitrogens is 1. The summed E-state index contributed by atoms with van der Waals surface area (Å²) in [6.07, 6.45) is 2.47. The molecule has 1 fully saturated rings. The van der Waals surface area contributed by atoms with Crippen molar-refractivity contribution in [1.82, 2.24) is 10.1 Å². The van der Waals surface area contributed by atoms with Crippen LogP contribution in [0.2, 0.25) is 0 Å². The lowest BCUT2D eigenvalue weighted by Gasteiger charge is -2.41. The normalized spacial score (nSPS) is 21.7. The lowest BCUT2D eigenvalue weighted by Crippen LogP contribution is -2.48. The van der Waals surface area contributed by atoms with Gasteiger partial charge in [-0.3, -0.25) is 4.79 Å². The molecule has 1 aliphatic heterocycles. The van der Waals surface area contributed by atoms with Crippen LogP contribution in [0.15, 0.2) is 4.52 Å². The van der Waals surface area contributed by atoms with Crippen LogP contribution in [0.5, 0.6) is 0 Å². The molecule has 1 aromatic rings. The third-order valence-electron chi connectivity index (χ3n) is 4.60. The second-order valence-corrected chi connectivity index (χ2v) is 6.23. The fourth-order valence-electron chi connectivity index (χ4n) is 3.14. The summed E-state index contributed by atoms with van der Waals surface area (Å²) >= 11 is 0. The summed E-state index contributed by atoms with van der Waals surface area (Å²) in [5.41, 5.74) is 0.698. The molecule has 1 aromatic heterocycles. The first kappa shape index (κ1) is 17.9. The minimum absolute atomic E-state index is 0.0446. The van der Waals surface area contributed by atoms with Crippen molar-refractivity contribution in [3.8, 4) is 0 Å². The summed E-state index contributed by atoms with van der Waals surface area (Å²) in [5.74, 6) is 0.434. The molecule has 1 amide bonds. The van der Waals surface area contributed by atoms with Crippen LogP contribution in [-0.4, -0.2) is 61.6 Å². The van der Waals surface area contributed by atoms with Crippen LogP contribution in [0.1, 0.15) is 41.1 Å². The maximum atomic E-state index is 12.8. The molecule has 2 heterocycles. The molecule has 0 aromatic carbocycles. The van der Waals surface area contributed by atoms with Crippen LogP contribution in [-0.2, 0) is 16.1 Å². The van der Waals surface area contributed by atoms with E-state index < -0.39 is 0 Å². The quantitative estimate of drug-likeness (QED) is 0.815. The molecule has 0 radical (unpaired) electrons. The number of piperidine rings is 1. The Balaban J connectivity index is 2.16. The van der Waals surface area contributed by atoms with Gasteiger partial charge in [-0.1, -0.05) is 5.16 Å². The Morgan fingerprint density at radius 1 is 1.43 bits per heavy atom. The molecule has 7 heteroatoms. The standard InChI is InChI=1S/C16H26N2O5/c1-12-13(9-22-3)14(17-23-12)15(20)18-7-4-5-16(10-18,11-19)6-8-21-2/h19H,4-11H2,1-3H3/t16-/m0/s1. The van der Waals surface area contributed by atoms with E-state index in [0.29, 0.717) is 43.3 Å². The van der Waals surface area contributed by atoms with E-state index in [2.05, 4.69) is 5.16 Å². The minimum atomic E-state index is -0.301. The molecule has 0 unspecified atom stereocenters. The van der Waals surface area contributed by atoms with Crippen LogP contribution >= 0.6 is 0 Å². The maximum absolute atomic E-state index is 12.8. The molecule has 1 atom stereocenters. The molecule has 1 N–H and O–H groups in total. The number of aryl methyl sites for hydroxylation is 1. The van der Waals surface area contributed by atoms with E-state index in [1.165, 1.54) is 0 Å². The van der Waals surface area contributed by atoms with Crippen LogP contribution in [0.3, 0.4) is 0 Å². The number of rotatable bonds is 7. The Morgan fingerprint density at radius 3 is 2.87 bits per heavy atom. The summed E-state index contributed by atoms with van der Waals surface area (Å²) < 4.78 is 15.4. The van der Waals surface area contributed by atoms with Gasteiger partial charge in [0.1, 0.15) is 5.76 Å². The zero-order chi connectivity index (χ0) is 16.9. The van der Waals surface area contributed by atoms with Gasteiger partial charge in [0.05, 0.1) is 18.8 Å². The van der Waals surface area contributed by atoms with Crippen LogP contribution < -0.4 is 0 Å². The zero-order valence-electron chi connectivity index (χ0n) is 14.1. The van der Waals surface area contributed by atoms with Gasteiger partial charge in [0, 0.05) is 39.3 Å². The first-order valence-corrected chi connectivity index (χ1v) is 7.90. The predicted molar refractivity (Wildman–Crippen MR) is 83.1 cm³/mol. The fraction of sp³-hybridized carbons (Fsp3) is 0.750. The lowest BCUT2D eigenvalue weighted by atomic mass is 9.78. The van der Waals surface area contributed by atoms with Gasteiger partial charge >= 0.3 is 0 Å². The van der Waals surface area contributed by atoms with E-state index in [-0.39, 0.29) is 17.9 Å². The number of aliphatic hydroxyl groups is 1. The molecule has 130 valence electrons. The van der Waals surface area contributed by atoms with Crippen molar-refractivity contribution in [3.63, 3.8) is 0 Å². The molecule has 2 rings (SSSR count). The SMILES string of the molecule is COCC[C@@]1(CO)CCCN(C(=O)c2noc(C)c2COC)C1. The highest BCUT2D eigenvalue weighted by atomic mass is 16.5. The molecule has 1 saturated heterocycles. The van der Waals surface area contributed by atoms with E-state index in [9.17, 15) is 9.90 Å². The van der Waals surface area contributed by atoms with Crippen molar-refractivity contribution in [2.24, 2.45) is 5.41 Å². The van der Waals surface area contributed by atoms with E-state index >= 15 is 0 Å². The Kier molecular flexibility index (Phi) is 6.15. The molecule has 1 aliphatic rings. The van der Waals surface area contributed by atoms with Gasteiger partial charge in [0.15, 0.2) is 5.69 Å². The van der Waals surface area contributed by atoms with Gasteiger partial charge < -0.3 is 24.0 Å². The van der Waals surface area contributed by atoms with Crippen LogP contribution in [0.25, 0.3) is 0 Å². The molecule has 23 heavy (non-hydrogen) atoms. The number of aliphatic hydroxyl groups excluding tert-OH is 1. The highest BCUT2D eigenvalue weighted by Gasteiger charge is 2.38. The van der Waals surface area contributed by atoms with E-state index in [0.717, 1.165) is 19.3 Å². The Hall–Kier alpha value is -1.44. The average molecular weight is 326 g/mol. The number of likely N-dealkylation sites (tertiary alicyclic amines) is 1. The molecule has 0 spiro atoms. The smallest absolute Gasteiger partial charge is 0.276 e. The molecular formula is C16H26N2O5. The summed E-state index contributed by atoms with van der Waals surface area (Å²) in [4.78, 5) is 14.6. The summed E-state index contributed by atoms with van der Waals surface area (Å²) in [7, 11) is 3.22. The van der Waals surface area contributed by atoms with E-state index in [4.69, 9.17) is 14.0 Å². The third-order valence-corrected chi connectivity index (χ3v) is 4.60. The van der Waals surface area contributed by atoms with Gasteiger partial charge in [0.25, 0.3) is 5.91 Å². The predicted octanol–water partition coefficient (Wildman–Crippen LogP) is 1.38. The van der Waals surface area contributed by atoms with E-state index in [1.54, 1.807) is 26.0 Å². The number of nitrogens with zero attached hydrogens (tertiary/aromatic N) is 2. The highest BCUT2D eigenvalue weighted by molar-refractivity contribution is 5.93. The highest BCUT2D eigenvalue weighted by Crippen LogP contribution is 2.34. The van der Waals surface area contributed by atoms with Crippen LogP contribution in [0, 0.1) is 12.3 Å².